The molecular formula is C20H18Cl2N2O5S. The number of nitro benzene ring substituents is 1. The number of sulfonamides is 1. The van der Waals surface area contributed by atoms with Crippen LogP contribution in [0.15, 0.2) is 59.6 Å². The molecular weight excluding hydrogens is 451 g/mol. The summed E-state index contributed by atoms with van der Waals surface area (Å²) in [5.41, 5.74) is -0.479. The van der Waals surface area contributed by atoms with Gasteiger partial charge in [0.1, 0.15) is 0 Å². The van der Waals surface area contributed by atoms with Crippen LogP contribution in [0, 0.1) is 15.5 Å². The van der Waals surface area contributed by atoms with Gasteiger partial charge >= 0.3 is 0 Å². The van der Waals surface area contributed by atoms with Crippen LogP contribution in [0.3, 0.4) is 0 Å². The Labute approximate surface area is 184 Å². The van der Waals surface area contributed by atoms with Crippen LogP contribution in [-0.2, 0) is 20.2 Å². The Morgan fingerprint density at radius 3 is 2.60 bits per heavy atom. The number of benzene rings is 2. The molecule has 2 aromatic carbocycles. The summed E-state index contributed by atoms with van der Waals surface area (Å²) in [7, 11) is -2.56. The summed E-state index contributed by atoms with van der Waals surface area (Å²) in [5, 5.41) is 12.2. The molecule has 0 amide bonds. The summed E-state index contributed by atoms with van der Waals surface area (Å²) in [6.45, 7) is 0.451. The maximum atomic E-state index is 13.3. The Morgan fingerprint density at radius 1 is 1.20 bits per heavy atom. The molecule has 2 aromatic rings. The third kappa shape index (κ3) is 3.10. The first-order chi connectivity index (χ1) is 14.2. The lowest BCUT2D eigenvalue weighted by atomic mass is 9.84. The van der Waals surface area contributed by atoms with Gasteiger partial charge in [-0.05, 0) is 30.2 Å². The number of nitro groups is 1. The SMILES string of the molecule is COC[C@]12CN(S(=O)(=O)c3ccccc3[N+](=O)[O-])C=C[C@@]1(c1ccc(Cl)c(Cl)c1)C2. The average Bonchev–Trinajstić information content (AvgIpc) is 3.39. The zero-order chi connectivity index (χ0) is 21.7. The van der Waals surface area contributed by atoms with Crippen molar-refractivity contribution in [1.82, 2.24) is 4.31 Å². The number of fused-ring (bicyclic) bond motifs is 1. The molecule has 2 aliphatic rings. The highest BCUT2D eigenvalue weighted by atomic mass is 35.5. The predicted octanol–water partition coefficient (Wildman–Crippen LogP) is 4.39. The van der Waals surface area contributed by atoms with E-state index in [9.17, 15) is 18.5 Å². The van der Waals surface area contributed by atoms with Crippen molar-refractivity contribution in [1.29, 1.82) is 0 Å². The highest BCUT2D eigenvalue weighted by Gasteiger charge is 2.69. The second-order valence-electron chi connectivity index (χ2n) is 7.58. The summed E-state index contributed by atoms with van der Waals surface area (Å²) in [5.74, 6) is 0. The monoisotopic (exact) mass is 468 g/mol. The highest BCUT2D eigenvalue weighted by molar-refractivity contribution is 7.89. The van der Waals surface area contributed by atoms with E-state index in [0.29, 0.717) is 23.1 Å². The number of ether oxygens (including phenoxy) is 1. The molecule has 1 saturated carbocycles. The smallest absolute Gasteiger partial charge is 0.289 e. The number of hydrogen-bond donors (Lipinski definition) is 0. The maximum absolute atomic E-state index is 13.3. The number of rotatable bonds is 6. The van der Waals surface area contributed by atoms with Crippen molar-refractivity contribution in [2.75, 3.05) is 20.3 Å². The lowest BCUT2D eigenvalue weighted by molar-refractivity contribution is -0.387. The molecule has 0 saturated heterocycles. The summed E-state index contributed by atoms with van der Waals surface area (Å²) in [6.07, 6.45) is 3.96. The third-order valence-electron chi connectivity index (χ3n) is 5.93. The number of nitrogens with zero attached hydrogens (tertiary/aromatic N) is 2. The van der Waals surface area contributed by atoms with Gasteiger partial charge in [-0.2, -0.15) is 0 Å². The summed E-state index contributed by atoms with van der Waals surface area (Å²) >= 11 is 12.3. The fraction of sp³-hybridized carbons (Fsp3) is 0.300. The van der Waals surface area contributed by atoms with Crippen molar-refractivity contribution in [2.24, 2.45) is 5.41 Å². The van der Waals surface area contributed by atoms with Gasteiger partial charge in [-0.3, -0.25) is 14.4 Å². The Hall–Kier alpha value is -2.13. The number of para-hydroxylation sites is 1. The second kappa shape index (κ2) is 7.23. The molecule has 10 heteroatoms. The molecule has 2 atom stereocenters. The topological polar surface area (TPSA) is 89.8 Å². The lowest BCUT2D eigenvalue weighted by Crippen LogP contribution is -2.40. The van der Waals surface area contributed by atoms with E-state index < -0.39 is 31.5 Å². The molecule has 0 bridgehead atoms. The molecule has 4 rings (SSSR count). The van der Waals surface area contributed by atoms with Gasteiger partial charge in [-0.15, -0.1) is 0 Å². The van der Waals surface area contributed by atoms with Crippen LogP contribution in [0.1, 0.15) is 12.0 Å². The quantitative estimate of drug-likeness (QED) is 0.462. The van der Waals surface area contributed by atoms with E-state index in [4.69, 9.17) is 27.9 Å². The minimum Gasteiger partial charge on any atom is -0.384 e. The molecule has 0 aromatic heterocycles. The van der Waals surface area contributed by atoms with Crippen molar-refractivity contribution >= 4 is 38.9 Å². The minimum atomic E-state index is -4.12. The van der Waals surface area contributed by atoms with E-state index in [-0.39, 0.29) is 11.4 Å². The van der Waals surface area contributed by atoms with Crippen molar-refractivity contribution < 1.29 is 18.1 Å². The van der Waals surface area contributed by atoms with Gasteiger partial charge < -0.3 is 4.74 Å². The lowest BCUT2D eigenvalue weighted by Gasteiger charge is -2.33. The van der Waals surface area contributed by atoms with Gasteiger partial charge in [-0.1, -0.05) is 47.5 Å². The molecule has 0 spiro atoms. The molecule has 0 N–H and O–H groups in total. The molecule has 0 radical (unpaired) electrons. The summed E-state index contributed by atoms with van der Waals surface area (Å²) < 4.78 is 33.1. The van der Waals surface area contributed by atoms with E-state index in [1.54, 1.807) is 19.2 Å². The first-order valence-corrected chi connectivity index (χ1v) is 11.3. The molecule has 1 fully saturated rings. The van der Waals surface area contributed by atoms with Crippen LogP contribution >= 0.6 is 23.2 Å². The Morgan fingerprint density at radius 2 is 1.93 bits per heavy atom. The number of methoxy groups -OCH3 is 1. The van der Waals surface area contributed by atoms with E-state index in [2.05, 4.69) is 0 Å². The van der Waals surface area contributed by atoms with Crippen LogP contribution < -0.4 is 0 Å². The largest absolute Gasteiger partial charge is 0.384 e. The van der Waals surface area contributed by atoms with Crippen molar-refractivity contribution in [3.63, 3.8) is 0 Å². The normalized spacial score (nSPS) is 25.1. The highest BCUT2D eigenvalue weighted by Crippen LogP contribution is 2.68. The van der Waals surface area contributed by atoms with Crippen LogP contribution in [-0.4, -0.2) is 37.9 Å². The maximum Gasteiger partial charge on any atom is 0.289 e. The van der Waals surface area contributed by atoms with Crippen LogP contribution in [0.2, 0.25) is 10.0 Å². The first-order valence-electron chi connectivity index (χ1n) is 9.06. The van der Waals surface area contributed by atoms with E-state index in [0.717, 1.165) is 9.87 Å². The summed E-state index contributed by atoms with van der Waals surface area (Å²) in [4.78, 5) is 10.3. The molecule has 0 unspecified atom stereocenters. The van der Waals surface area contributed by atoms with Gasteiger partial charge in [0.25, 0.3) is 15.7 Å². The van der Waals surface area contributed by atoms with Gasteiger partial charge in [0.15, 0.2) is 4.90 Å². The average molecular weight is 469 g/mol. The third-order valence-corrected chi connectivity index (χ3v) is 8.43. The van der Waals surface area contributed by atoms with Crippen LogP contribution in [0.25, 0.3) is 0 Å². The number of allylic oxidation sites excluding steroid dienone is 1. The standard InChI is InChI=1S/C20H18Cl2N2O5S/c1-29-13-19-11-20(19,14-6-7-15(21)16(22)10-14)8-9-23(12-19)30(27,28)18-5-3-2-4-17(18)24(25)26/h2-10H,11-13H2,1H3/t19-,20-/m0/s1. The summed E-state index contributed by atoms with van der Waals surface area (Å²) in [6, 6.07) is 10.7. The van der Waals surface area contributed by atoms with Crippen LogP contribution in [0.4, 0.5) is 5.69 Å². The van der Waals surface area contributed by atoms with Crippen molar-refractivity contribution in [2.45, 2.75) is 16.7 Å². The molecule has 30 heavy (non-hydrogen) atoms. The predicted molar refractivity (Wildman–Crippen MR) is 113 cm³/mol. The first kappa shape index (κ1) is 21.1. The van der Waals surface area contributed by atoms with E-state index in [1.807, 2.05) is 12.1 Å². The zero-order valence-corrected chi connectivity index (χ0v) is 18.2. The van der Waals surface area contributed by atoms with Crippen molar-refractivity contribution in [3.05, 3.63) is 80.5 Å². The molecule has 158 valence electrons. The van der Waals surface area contributed by atoms with Gasteiger partial charge in [-0.25, -0.2) is 8.42 Å². The molecule has 1 heterocycles. The number of halogens is 2. The Balaban J connectivity index is 1.76. The zero-order valence-electron chi connectivity index (χ0n) is 15.9. The Kier molecular flexibility index (Phi) is 5.09. The molecule has 1 aliphatic heterocycles. The van der Waals surface area contributed by atoms with E-state index in [1.165, 1.54) is 30.5 Å². The number of hydrogen-bond acceptors (Lipinski definition) is 5. The Bertz CT molecular complexity index is 1170. The fourth-order valence-corrected chi connectivity index (χ4v) is 6.23. The van der Waals surface area contributed by atoms with Crippen molar-refractivity contribution in [3.8, 4) is 0 Å². The fourth-order valence-electron chi connectivity index (χ4n) is 4.38. The second-order valence-corrected chi connectivity index (χ2v) is 10.3. The van der Waals surface area contributed by atoms with Crippen LogP contribution in [0.5, 0.6) is 0 Å². The van der Waals surface area contributed by atoms with E-state index >= 15 is 0 Å². The van der Waals surface area contributed by atoms with Gasteiger partial charge in [0, 0.05) is 36.8 Å². The molecule has 1 aliphatic carbocycles. The van der Waals surface area contributed by atoms with Gasteiger partial charge in [0.2, 0.25) is 0 Å². The minimum absolute atomic E-state index is 0.131. The van der Waals surface area contributed by atoms with Gasteiger partial charge in [0.05, 0.1) is 21.6 Å². The molecule has 7 nitrogen and oxygen atoms in total.